The normalized spacial score (nSPS) is 11.0. The van der Waals surface area contributed by atoms with Crippen LogP contribution in [0.2, 0.25) is 0 Å². The first-order valence-electron chi connectivity index (χ1n) is 11.1. The summed E-state index contributed by atoms with van der Waals surface area (Å²) in [5.74, 6) is -0.379. The zero-order valence-electron chi connectivity index (χ0n) is 20.8. The van der Waals surface area contributed by atoms with Crippen LogP contribution in [0.5, 0.6) is 28.7 Å². The molecular weight excluding hydrogens is 488 g/mol. The summed E-state index contributed by atoms with van der Waals surface area (Å²) in [6, 6.07) is 6.46. The van der Waals surface area contributed by atoms with E-state index in [9.17, 15) is 14.7 Å². The smallest absolute Gasteiger partial charge is 0.328 e. The molecule has 0 heterocycles. The maximum Gasteiger partial charge on any atom is 0.328 e. The van der Waals surface area contributed by atoms with Gasteiger partial charge in [-0.2, -0.15) is 0 Å². The SMILES string of the molecule is COc1cc(/C=C/C(=O)O)cc(CO)c1OCCOCCOc1c(OC)cc(/C=C/C(=O)O)cc1OC. The minimum atomic E-state index is -1.09. The van der Waals surface area contributed by atoms with Crippen LogP contribution < -0.4 is 23.7 Å². The lowest BCUT2D eigenvalue weighted by Gasteiger charge is -2.16. The minimum absolute atomic E-state index is 0.158. The Morgan fingerprint density at radius 3 is 1.57 bits per heavy atom. The standard InChI is InChI=1S/C26H30O11/c1-32-20-13-17(4-6-23(28)29)12-19(16-27)25(20)36-10-8-35-9-11-37-26-21(33-2)14-18(5-7-24(30)31)15-22(26)34-3/h4-7,12-15,27H,8-11,16H2,1-3H3,(H,28,29)(H,30,31)/b6-4+,7-5+. The molecule has 0 amide bonds. The van der Waals surface area contributed by atoms with Gasteiger partial charge in [0.2, 0.25) is 5.75 Å². The molecule has 0 fully saturated rings. The molecule has 0 saturated heterocycles. The van der Waals surface area contributed by atoms with E-state index in [1.165, 1.54) is 33.5 Å². The third-order valence-electron chi connectivity index (χ3n) is 4.81. The number of hydrogen-bond donors (Lipinski definition) is 3. The van der Waals surface area contributed by atoms with Gasteiger partial charge >= 0.3 is 11.9 Å². The summed E-state index contributed by atoms with van der Waals surface area (Å²) in [6.45, 7) is 0.436. The van der Waals surface area contributed by atoms with Gasteiger partial charge in [0.15, 0.2) is 23.0 Å². The Labute approximate surface area is 214 Å². The quantitative estimate of drug-likeness (QED) is 0.222. The van der Waals surface area contributed by atoms with E-state index in [1.54, 1.807) is 24.3 Å². The average Bonchev–Trinajstić information content (AvgIpc) is 2.89. The summed E-state index contributed by atoms with van der Waals surface area (Å²) < 4.78 is 33.1. The van der Waals surface area contributed by atoms with Crippen molar-refractivity contribution in [1.82, 2.24) is 0 Å². The van der Waals surface area contributed by atoms with Crippen LogP contribution in [0.4, 0.5) is 0 Å². The first-order chi connectivity index (χ1) is 17.8. The number of aliphatic hydroxyl groups excluding tert-OH is 1. The van der Waals surface area contributed by atoms with Crippen molar-refractivity contribution >= 4 is 24.1 Å². The van der Waals surface area contributed by atoms with Gasteiger partial charge in [0.05, 0.1) is 41.2 Å². The Bertz CT molecular complexity index is 984. The van der Waals surface area contributed by atoms with E-state index in [4.69, 9.17) is 38.6 Å². The van der Waals surface area contributed by atoms with E-state index in [2.05, 4.69) is 0 Å². The average molecular weight is 519 g/mol. The van der Waals surface area contributed by atoms with Crippen LogP contribution >= 0.6 is 0 Å². The molecule has 11 heteroatoms. The molecule has 0 atom stereocenters. The lowest BCUT2D eigenvalue weighted by Crippen LogP contribution is -2.13. The minimum Gasteiger partial charge on any atom is -0.493 e. The van der Waals surface area contributed by atoms with Crippen molar-refractivity contribution < 1.29 is 53.3 Å². The van der Waals surface area contributed by atoms with Gasteiger partial charge in [-0.25, -0.2) is 9.59 Å². The van der Waals surface area contributed by atoms with Crippen molar-refractivity contribution in [2.75, 3.05) is 47.8 Å². The Morgan fingerprint density at radius 2 is 1.14 bits per heavy atom. The van der Waals surface area contributed by atoms with E-state index in [0.717, 1.165) is 12.2 Å². The summed E-state index contributed by atoms with van der Waals surface area (Å²) in [4.78, 5) is 21.5. The van der Waals surface area contributed by atoms with Gasteiger partial charge in [0, 0.05) is 17.7 Å². The number of hydrogen-bond acceptors (Lipinski definition) is 9. The number of ether oxygens (including phenoxy) is 6. The molecule has 200 valence electrons. The van der Waals surface area contributed by atoms with Crippen molar-refractivity contribution in [1.29, 1.82) is 0 Å². The third kappa shape index (κ3) is 9.06. The van der Waals surface area contributed by atoms with E-state index >= 15 is 0 Å². The second-order valence-electron chi connectivity index (χ2n) is 7.28. The molecule has 2 aromatic carbocycles. The lowest BCUT2D eigenvalue weighted by atomic mass is 10.1. The molecule has 3 N–H and O–H groups in total. The van der Waals surface area contributed by atoms with Crippen LogP contribution in [-0.2, 0) is 20.9 Å². The highest BCUT2D eigenvalue weighted by Crippen LogP contribution is 2.39. The number of carboxylic acid groups (broad SMARTS) is 2. The molecule has 11 nitrogen and oxygen atoms in total. The summed E-state index contributed by atoms with van der Waals surface area (Å²) in [5.41, 5.74) is 1.55. The van der Waals surface area contributed by atoms with E-state index in [0.29, 0.717) is 45.4 Å². The highest BCUT2D eigenvalue weighted by molar-refractivity contribution is 5.86. The zero-order chi connectivity index (χ0) is 27.2. The lowest BCUT2D eigenvalue weighted by molar-refractivity contribution is -0.132. The van der Waals surface area contributed by atoms with Gasteiger partial charge < -0.3 is 43.7 Å². The van der Waals surface area contributed by atoms with E-state index < -0.39 is 11.9 Å². The van der Waals surface area contributed by atoms with Gasteiger partial charge in [-0.05, 0) is 47.5 Å². The number of carbonyl (C=O) groups is 2. The first-order valence-corrected chi connectivity index (χ1v) is 11.1. The molecule has 0 bridgehead atoms. The van der Waals surface area contributed by atoms with Gasteiger partial charge in [0.25, 0.3) is 0 Å². The Kier molecular flexibility index (Phi) is 11.8. The van der Waals surface area contributed by atoms with Crippen molar-refractivity contribution in [2.24, 2.45) is 0 Å². The molecule has 0 unspecified atom stereocenters. The van der Waals surface area contributed by atoms with Crippen molar-refractivity contribution in [2.45, 2.75) is 6.61 Å². The van der Waals surface area contributed by atoms with Crippen LogP contribution in [0.3, 0.4) is 0 Å². The number of rotatable bonds is 16. The second-order valence-corrected chi connectivity index (χ2v) is 7.28. The van der Waals surface area contributed by atoms with Gasteiger partial charge in [-0.1, -0.05) is 0 Å². The van der Waals surface area contributed by atoms with Gasteiger partial charge in [-0.15, -0.1) is 0 Å². The number of carboxylic acids is 2. The number of methoxy groups -OCH3 is 3. The largest absolute Gasteiger partial charge is 0.493 e. The highest BCUT2D eigenvalue weighted by atomic mass is 16.6. The molecule has 0 saturated carbocycles. The predicted octanol–water partition coefficient (Wildman–Crippen LogP) is 2.87. The molecule has 0 aliphatic carbocycles. The molecule has 0 aromatic heterocycles. The fourth-order valence-electron chi connectivity index (χ4n) is 3.19. The van der Waals surface area contributed by atoms with Gasteiger partial charge in [0.1, 0.15) is 13.2 Å². The summed E-state index contributed by atoms with van der Waals surface area (Å²) in [7, 11) is 4.37. The van der Waals surface area contributed by atoms with Crippen LogP contribution in [0.1, 0.15) is 16.7 Å². The Morgan fingerprint density at radius 1 is 0.703 bits per heavy atom. The first kappa shape index (κ1) is 29.0. The van der Waals surface area contributed by atoms with Crippen LogP contribution in [0, 0.1) is 0 Å². The van der Waals surface area contributed by atoms with Crippen LogP contribution in [-0.4, -0.2) is 75.0 Å². The summed E-state index contributed by atoms with van der Waals surface area (Å²) in [6.07, 6.45) is 4.80. The number of aliphatic carboxylic acids is 2. The number of aliphatic hydroxyl groups is 1. The molecule has 0 radical (unpaired) electrons. The monoisotopic (exact) mass is 518 g/mol. The van der Waals surface area contributed by atoms with Crippen molar-refractivity contribution in [3.63, 3.8) is 0 Å². The summed E-state index contributed by atoms with van der Waals surface area (Å²) in [5, 5.41) is 27.3. The molecule has 0 aliphatic rings. The van der Waals surface area contributed by atoms with Crippen molar-refractivity contribution in [3.8, 4) is 28.7 Å². The fraction of sp³-hybridized carbons (Fsp3) is 0.308. The zero-order valence-corrected chi connectivity index (χ0v) is 20.8. The Hall–Kier alpha value is -4.22. The predicted molar refractivity (Wildman–Crippen MR) is 134 cm³/mol. The second kappa shape index (κ2) is 15.0. The van der Waals surface area contributed by atoms with Crippen molar-refractivity contribution in [3.05, 3.63) is 53.1 Å². The molecule has 2 aromatic rings. The number of benzene rings is 2. The summed E-state index contributed by atoms with van der Waals surface area (Å²) >= 11 is 0. The van der Waals surface area contributed by atoms with E-state index in [-0.39, 0.29) is 33.0 Å². The Balaban J connectivity index is 1.92. The van der Waals surface area contributed by atoms with Gasteiger partial charge in [-0.3, -0.25) is 0 Å². The molecule has 37 heavy (non-hydrogen) atoms. The molecule has 2 rings (SSSR count). The third-order valence-corrected chi connectivity index (χ3v) is 4.81. The molecular formula is C26H30O11. The van der Waals surface area contributed by atoms with Crippen LogP contribution in [0.25, 0.3) is 12.2 Å². The topological polar surface area (TPSA) is 150 Å². The fourth-order valence-corrected chi connectivity index (χ4v) is 3.19. The maximum absolute atomic E-state index is 10.8. The molecule has 0 aliphatic heterocycles. The molecule has 0 spiro atoms. The van der Waals surface area contributed by atoms with Crippen LogP contribution in [0.15, 0.2) is 36.4 Å². The highest BCUT2D eigenvalue weighted by Gasteiger charge is 2.15. The maximum atomic E-state index is 10.8. The van der Waals surface area contributed by atoms with E-state index in [1.807, 2.05) is 0 Å².